The Hall–Kier alpha value is -1.81. The molecule has 2 fully saturated rings. The van der Waals surface area contributed by atoms with E-state index >= 15 is 0 Å². The lowest BCUT2D eigenvalue weighted by molar-refractivity contribution is -0.905. The molecule has 2 aliphatic rings. The molecule has 1 aromatic carbocycles. The van der Waals surface area contributed by atoms with Gasteiger partial charge in [-0.2, -0.15) is 0 Å². The van der Waals surface area contributed by atoms with E-state index in [1.165, 1.54) is 57.4 Å². The maximum absolute atomic E-state index is 12.2. The van der Waals surface area contributed by atoms with E-state index in [4.69, 9.17) is 0 Å². The molecule has 0 radical (unpaired) electrons. The molecule has 148 valence electrons. The summed E-state index contributed by atoms with van der Waals surface area (Å²) < 4.78 is 0. The average Bonchev–Trinajstić information content (AvgIpc) is 2.98. The minimum atomic E-state index is 0.0375. The van der Waals surface area contributed by atoms with Gasteiger partial charge in [0.1, 0.15) is 0 Å². The van der Waals surface area contributed by atoms with Gasteiger partial charge in [0.2, 0.25) is 5.91 Å². The molecule has 2 heterocycles. The van der Waals surface area contributed by atoms with Gasteiger partial charge in [-0.05, 0) is 43.0 Å². The number of piperidine rings is 1. The maximum Gasteiger partial charge on any atom is 0.244 e. The summed E-state index contributed by atoms with van der Waals surface area (Å²) in [6.45, 7) is 8.19. The summed E-state index contributed by atoms with van der Waals surface area (Å²) in [6.07, 6.45) is 12.3. The van der Waals surface area contributed by atoms with Crippen LogP contribution >= 0.6 is 0 Å². The van der Waals surface area contributed by atoms with Crippen LogP contribution in [0.25, 0.3) is 6.08 Å². The maximum atomic E-state index is 12.2. The molecule has 0 bridgehead atoms. The highest BCUT2D eigenvalue weighted by atomic mass is 16.1. The van der Waals surface area contributed by atoms with Gasteiger partial charge < -0.3 is 15.1 Å². The van der Waals surface area contributed by atoms with Gasteiger partial charge in [-0.1, -0.05) is 31.9 Å². The largest absolute Gasteiger partial charge is 0.372 e. The first-order valence-corrected chi connectivity index (χ1v) is 10.9. The standard InChI is InChI=1S/C23H35N3O/c1-2-15-25-18-13-21(14-19-25)24-23(27)12-9-20-7-10-22(11-8-20)26-16-5-3-4-6-17-26/h7-12,21H,2-6,13-19H2,1H3,(H,24,27)/p+1/b12-9+. The number of carbonyl (C=O) groups excluding carboxylic acids is 1. The van der Waals surface area contributed by atoms with E-state index < -0.39 is 0 Å². The van der Waals surface area contributed by atoms with Crippen LogP contribution in [0.15, 0.2) is 30.3 Å². The zero-order valence-electron chi connectivity index (χ0n) is 16.9. The predicted molar refractivity (Wildman–Crippen MR) is 113 cm³/mol. The Bertz CT molecular complexity index is 595. The second-order valence-corrected chi connectivity index (χ2v) is 8.11. The molecule has 0 atom stereocenters. The van der Waals surface area contributed by atoms with Crippen LogP contribution in [-0.4, -0.2) is 44.7 Å². The van der Waals surface area contributed by atoms with Crippen molar-refractivity contribution in [1.29, 1.82) is 0 Å². The molecule has 0 saturated carbocycles. The van der Waals surface area contributed by atoms with E-state index in [1.54, 1.807) is 11.0 Å². The number of quaternary nitrogens is 1. The molecule has 2 saturated heterocycles. The highest BCUT2D eigenvalue weighted by Crippen LogP contribution is 2.20. The molecule has 0 unspecified atom stereocenters. The van der Waals surface area contributed by atoms with Gasteiger partial charge in [0, 0.05) is 43.7 Å². The van der Waals surface area contributed by atoms with Crippen LogP contribution < -0.4 is 15.1 Å². The third kappa shape index (κ3) is 6.39. The van der Waals surface area contributed by atoms with E-state index in [-0.39, 0.29) is 5.91 Å². The smallest absolute Gasteiger partial charge is 0.244 e. The van der Waals surface area contributed by atoms with Crippen LogP contribution in [0.1, 0.15) is 57.4 Å². The first-order valence-electron chi connectivity index (χ1n) is 10.9. The second-order valence-electron chi connectivity index (χ2n) is 8.11. The fraction of sp³-hybridized carbons (Fsp3) is 0.609. The number of rotatable bonds is 6. The molecule has 1 aromatic rings. The van der Waals surface area contributed by atoms with E-state index in [1.807, 2.05) is 6.08 Å². The highest BCUT2D eigenvalue weighted by Gasteiger charge is 2.21. The lowest BCUT2D eigenvalue weighted by Gasteiger charge is -2.29. The number of amides is 1. The summed E-state index contributed by atoms with van der Waals surface area (Å²) in [5.41, 5.74) is 2.39. The summed E-state index contributed by atoms with van der Waals surface area (Å²) in [4.78, 5) is 16.4. The van der Waals surface area contributed by atoms with Crippen molar-refractivity contribution in [3.63, 3.8) is 0 Å². The number of hydrogen-bond acceptors (Lipinski definition) is 2. The fourth-order valence-electron chi connectivity index (χ4n) is 4.32. The summed E-state index contributed by atoms with van der Waals surface area (Å²) >= 11 is 0. The number of nitrogens with one attached hydrogen (secondary N) is 2. The first kappa shape index (κ1) is 19.9. The molecule has 2 aliphatic heterocycles. The van der Waals surface area contributed by atoms with Crippen molar-refractivity contribution in [1.82, 2.24) is 5.32 Å². The Morgan fingerprint density at radius 3 is 2.41 bits per heavy atom. The predicted octanol–water partition coefficient (Wildman–Crippen LogP) is 2.65. The molecule has 0 aliphatic carbocycles. The molecule has 2 N–H and O–H groups in total. The molecular weight excluding hydrogens is 334 g/mol. The van der Waals surface area contributed by atoms with E-state index in [9.17, 15) is 4.79 Å². The normalized spacial score (nSPS) is 24.0. The lowest BCUT2D eigenvalue weighted by Crippen LogP contribution is -3.13. The first-order chi connectivity index (χ1) is 13.2. The van der Waals surface area contributed by atoms with Gasteiger partial charge >= 0.3 is 0 Å². The van der Waals surface area contributed by atoms with Crippen LogP contribution in [0.2, 0.25) is 0 Å². The lowest BCUT2D eigenvalue weighted by atomic mass is 10.0. The quantitative estimate of drug-likeness (QED) is 0.756. The summed E-state index contributed by atoms with van der Waals surface area (Å²) in [7, 11) is 0. The highest BCUT2D eigenvalue weighted by molar-refractivity contribution is 5.91. The van der Waals surface area contributed by atoms with Crippen molar-refractivity contribution in [3.8, 4) is 0 Å². The van der Waals surface area contributed by atoms with Crippen LogP contribution in [0.5, 0.6) is 0 Å². The Labute approximate surface area is 164 Å². The molecule has 0 aromatic heterocycles. The Morgan fingerprint density at radius 2 is 1.78 bits per heavy atom. The Kier molecular flexibility index (Phi) is 7.76. The second kappa shape index (κ2) is 10.5. The van der Waals surface area contributed by atoms with Gasteiger partial charge in [-0.15, -0.1) is 0 Å². The number of anilines is 1. The topological polar surface area (TPSA) is 36.8 Å². The van der Waals surface area contributed by atoms with Crippen molar-refractivity contribution < 1.29 is 9.69 Å². The van der Waals surface area contributed by atoms with Crippen LogP contribution in [0.4, 0.5) is 5.69 Å². The van der Waals surface area contributed by atoms with Crippen LogP contribution in [-0.2, 0) is 4.79 Å². The summed E-state index contributed by atoms with van der Waals surface area (Å²) in [5.74, 6) is 0.0375. The SMILES string of the molecule is CCC[NH+]1CCC(NC(=O)/C=C/c2ccc(N3CCCCCC3)cc2)CC1. The molecule has 4 nitrogen and oxygen atoms in total. The van der Waals surface area contributed by atoms with Gasteiger partial charge in [-0.25, -0.2) is 0 Å². The Morgan fingerprint density at radius 1 is 1.11 bits per heavy atom. The monoisotopic (exact) mass is 370 g/mol. The zero-order chi connectivity index (χ0) is 18.9. The third-order valence-electron chi connectivity index (χ3n) is 5.93. The van der Waals surface area contributed by atoms with Crippen molar-refractivity contribution in [3.05, 3.63) is 35.9 Å². The summed E-state index contributed by atoms with van der Waals surface area (Å²) in [5, 5.41) is 3.17. The third-order valence-corrected chi connectivity index (χ3v) is 5.93. The van der Waals surface area contributed by atoms with E-state index in [2.05, 4.69) is 41.4 Å². The van der Waals surface area contributed by atoms with Crippen LogP contribution in [0, 0.1) is 0 Å². The average molecular weight is 371 g/mol. The Balaban J connectivity index is 1.45. The van der Waals surface area contributed by atoms with Crippen molar-refractivity contribution in [2.45, 2.75) is 57.9 Å². The summed E-state index contributed by atoms with van der Waals surface area (Å²) in [6, 6.07) is 8.96. The molecule has 1 amide bonds. The number of carbonyl (C=O) groups is 1. The van der Waals surface area contributed by atoms with Gasteiger partial charge in [-0.3, -0.25) is 4.79 Å². The molecule has 0 spiro atoms. The zero-order valence-corrected chi connectivity index (χ0v) is 16.9. The van der Waals surface area contributed by atoms with Gasteiger partial charge in [0.25, 0.3) is 0 Å². The van der Waals surface area contributed by atoms with Crippen LogP contribution in [0.3, 0.4) is 0 Å². The van der Waals surface area contributed by atoms with E-state index in [0.717, 1.165) is 31.5 Å². The van der Waals surface area contributed by atoms with Gasteiger partial charge in [0.05, 0.1) is 19.6 Å². The number of nitrogens with zero attached hydrogens (tertiary/aromatic N) is 1. The molecular formula is C23H36N3O+. The molecule has 27 heavy (non-hydrogen) atoms. The number of benzene rings is 1. The van der Waals surface area contributed by atoms with Crippen molar-refractivity contribution >= 4 is 17.7 Å². The van der Waals surface area contributed by atoms with E-state index in [0.29, 0.717) is 6.04 Å². The molecule has 4 heteroatoms. The minimum Gasteiger partial charge on any atom is -0.372 e. The van der Waals surface area contributed by atoms with Crippen molar-refractivity contribution in [2.24, 2.45) is 0 Å². The van der Waals surface area contributed by atoms with Crippen molar-refractivity contribution in [2.75, 3.05) is 37.6 Å². The van der Waals surface area contributed by atoms with Gasteiger partial charge in [0.15, 0.2) is 0 Å². The minimum absolute atomic E-state index is 0.0375. The molecule has 3 rings (SSSR count). The number of likely N-dealkylation sites (tertiary alicyclic amines) is 1. The fourth-order valence-corrected chi connectivity index (χ4v) is 4.32. The number of hydrogen-bond donors (Lipinski definition) is 2.